The number of esters is 1. The summed E-state index contributed by atoms with van der Waals surface area (Å²) in [5.41, 5.74) is 0.910. The van der Waals surface area contributed by atoms with Gasteiger partial charge < -0.3 is 14.8 Å². The highest BCUT2D eigenvalue weighted by molar-refractivity contribution is 5.83. The number of benzene rings is 1. The van der Waals surface area contributed by atoms with Crippen LogP contribution in [-0.4, -0.2) is 31.1 Å². The Hall–Kier alpha value is -2.30. The van der Waals surface area contributed by atoms with Crippen molar-refractivity contribution in [2.75, 3.05) is 13.2 Å². The van der Waals surface area contributed by atoms with Crippen LogP contribution in [0.1, 0.15) is 19.4 Å². The molecule has 0 saturated heterocycles. The maximum Gasteiger partial charge on any atom is 0.328 e. The Morgan fingerprint density at radius 3 is 2.52 bits per heavy atom. The van der Waals surface area contributed by atoms with E-state index in [1.807, 2.05) is 24.3 Å². The van der Waals surface area contributed by atoms with Crippen molar-refractivity contribution in [1.29, 1.82) is 0 Å². The quantitative estimate of drug-likeness (QED) is 0.586. The molecule has 1 atom stereocenters. The lowest BCUT2D eigenvalue weighted by Gasteiger charge is -2.16. The molecule has 1 amide bonds. The molecule has 0 radical (unpaired) electrons. The molecule has 21 heavy (non-hydrogen) atoms. The van der Waals surface area contributed by atoms with Crippen molar-refractivity contribution in [2.24, 2.45) is 0 Å². The number of hydrogen-bond acceptors (Lipinski definition) is 4. The lowest BCUT2D eigenvalue weighted by atomic mass is 10.1. The number of ether oxygens (including phenoxy) is 2. The first-order valence-electron chi connectivity index (χ1n) is 6.83. The second kappa shape index (κ2) is 8.79. The smallest absolute Gasteiger partial charge is 0.328 e. The molecule has 1 aromatic rings. The van der Waals surface area contributed by atoms with Crippen LogP contribution in [0.15, 0.2) is 36.9 Å². The molecule has 1 unspecified atom stereocenters. The first-order valence-corrected chi connectivity index (χ1v) is 6.83. The van der Waals surface area contributed by atoms with E-state index in [-0.39, 0.29) is 12.5 Å². The summed E-state index contributed by atoms with van der Waals surface area (Å²) in [6.07, 6.45) is 2.04. The zero-order chi connectivity index (χ0) is 15.7. The van der Waals surface area contributed by atoms with Crippen molar-refractivity contribution >= 4 is 11.9 Å². The van der Waals surface area contributed by atoms with Crippen LogP contribution in [-0.2, 0) is 20.7 Å². The topological polar surface area (TPSA) is 64.6 Å². The van der Waals surface area contributed by atoms with E-state index < -0.39 is 12.0 Å². The summed E-state index contributed by atoms with van der Waals surface area (Å²) in [5.74, 6) is 0.0320. The molecular weight excluding hydrogens is 270 g/mol. The highest BCUT2D eigenvalue weighted by atomic mass is 16.5. The summed E-state index contributed by atoms with van der Waals surface area (Å²) in [4.78, 5) is 23.0. The highest BCUT2D eigenvalue weighted by Crippen LogP contribution is 2.14. The minimum atomic E-state index is -0.678. The van der Waals surface area contributed by atoms with Crippen molar-refractivity contribution < 1.29 is 19.1 Å². The van der Waals surface area contributed by atoms with Gasteiger partial charge in [0.25, 0.3) is 0 Å². The van der Waals surface area contributed by atoms with Crippen LogP contribution in [0.3, 0.4) is 0 Å². The van der Waals surface area contributed by atoms with Crippen molar-refractivity contribution in [1.82, 2.24) is 5.32 Å². The largest absolute Gasteiger partial charge is 0.490 e. The van der Waals surface area contributed by atoms with Crippen LogP contribution >= 0.6 is 0 Å². The Kier molecular flexibility index (Phi) is 7.01. The second-order valence-corrected chi connectivity index (χ2v) is 4.45. The van der Waals surface area contributed by atoms with E-state index in [1.54, 1.807) is 13.0 Å². The van der Waals surface area contributed by atoms with Gasteiger partial charge in [-0.05, 0) is 24.6 Å². The summed E-state index contributed by atoms with van der Waals surface area (Å²) in [6, 6.07) is 6.66. The minimum Gasteiger partial charge on any atom is -0.490 e. The Bertz CT molecular complexity index is 482. The van der Waals surface area contributed by atoms with Gasteiger partial charge in [0.05, 0.1) is 6.61 Å². The molecule has 0 aliphatic rings. The van der Waals surface area contributed by atoms with Crippen molar-refractivity contribution in [2.45, 2.75) is 26.3 Å². The summed E-state index contributed by atoms with van der Waals surface area (Å²) in [5, 5.41) is 2.60. The fourth-order valence-electron chi connectivity index (χ4n) is 1.79. The molecule has 0 spiro atoms. The highest BCUT2D eigenvalue weighted by Gasteiger charge is 2.21. The first-order chi connectivity index (χ1) is 10.1. The predicted octanol–water partition coefficient (Wildman–Crippen LogP) is 1.86. The third-order valence-electron chi connectivity index (χ3n) is 2.68. The van der Waals surface area contributed by atoms with Crippen molar-refractivity contribution in [3.8, 4) is 5.75 Å². The van der Waals surface area contributed by atoms with Crippen LogP contribution in [0, 0.1) is 0 Å². The number of carbonyl (C=O) groups excluding carboxylic acids is 2. The predicted molar refractivity (Wildman–Crippen MR) is 80.1 cm³/mol. The molecule has 0 aromatic heterocycles. The standard InChI is InChI=1S/C16H21NO4/c1-4-10-21-14-8-6-13(7-9-14)11-15(17-12(3)18)16(19)20-5-2/h4,6-9,15H,1,5,10-11H2,2-3H3,(H,17,18). The van der Waals surface area contributed by atoms with Gasteiger partial charge in [-0.25, -0.2) is 4.79 Å². The normalized spacial score (nSPS) is 11.3. The molecule has 5 nitrogen and oxygen atoms in total. The van der Waals surface area contributed by atoms with E-state index in [0.29, 0.717) is 13.0 Å². The molecule has 114 valence electrons. The molecule has 1 aromatic carbocycles. The average molecular weight is 291 g/mol. The Labute approximate surface area is 124 Å². The maximum atomic E-state index is 11.8. The lowest BCUT2D eigenvalue weighted by molar-refractivity contribution is -0.147. The summed E-state index contributed by atoms with van der Waals surface area (Å²) in [6.45, 7) is 7.41. The van der Waals surface area contributed by atoms with E-state index in [2.05, 4.69) is 11.9 Å². The van der Waals surface area contributed by atoms with Gasteiger partial charge in [0, 0.05) is 13.3 Å². The van der Waals surface area contributed by atoms with E-state index in [4.69, 9.17) is 9.47 Å². The van der Waals surface area contributed by atoms with Crippen molar-refractivity contribution in [3.05, 3.63) is 42.5 Å². The summed E-state index contributed by atoms with van der Waals surface area (Å²) in [7, 11) is 0. The van der Waals surface area contributed by atoms with Gasteiger partial charge >= 0.3 is 5.97 Å². The SMILES string of the molecule is C=CCOc1ccc(CC(NC(C)=O)C(=O)OCC)cc1. The first kappa shape index (κ1) is 16.8. The summed E-state index contributed by atoms with van der Waals surface area (Å²) < 4.78 is 10.4. The van der Waals surface area contributed by atoms with Gasteiger partial charge in [0.1, 0.15) is 18.4 Å². The zero-order valence-electron chi connectivity index (χ0n) is 12.4. The van der Waals surface area contributed by atoms with Crippen LogP contribution in [0.2, 0.25) is 0 Å². The van der Waals surface area contributed by atoms with Gasteiger partial charge in [-0.1, -0.05) is 24.8 Å². The van der Waals surface area contributed by atoms with Crippen LogP contribution in [0.25, 0.3) is 0 Å². The van der Waals surface area contributed by atoms with Gasteiger partial charge in [-0.15, -0.1) is 0 Å². The van der Waals surface area contributed by atoms with Crippen LogP contribution in [0.5, 0.6) is 5.75 Å². The van der Waals surface area contributed by atoms with E-state index in [0.717, 1.165) is 11.3 Å². The monoisotopic (exact) mass is 291 g/mol. The average Bonchev–Trinajstić information content (AvgIpc) is 2.45. The van der Waals surface area contributed by atoms with Crippen molar-refractivity contribution in [3.63, 3.8) is 0 Å². The number of carbonyl (C=O) groups is 2. The molecule has 1 rings (SSSR count). The minimum absolute atomic E-state index is 0.265. The Morgan fingerprint density at radius 1 is 1.33 bits per heavy atom. The molecule has 0 heterocycles. The van der Waals surface area contributed by atoms with E-state index >= 15 is 0 Å². The van der Waals surface area contributed by atoms with Crippen LogP contribution in [0.4, 0.5) is 0 Å². The Balaban J connectivity index is 2.71. The number of nitrogens with one attached hydrogen (secondary N) is 1. The third-order valence-corrected chi connectivity index (χ3v) is 2.68. The molecule has 0 aliphatic heterocycles. The number of rotatable bonds is 8. The molecule has 0 saturated carbocycles. The molecule has 0 bridgehead atoms. The Morgan fingerprint density at radius 2 is 2.00 bits per heavy atom. The molecule has 1 N–H and O–H groups in total. The zero-order valence-corrected chi connectivity index (χ0v) is 12.4. The van der Waals surface area contributed by atoms with Gasteiger partial charge in [0.15, 0.2) is 0 Å². The third kappa shape index (κ3) is 6.12. The molecule has 0 fully saturated rings. The van der Waals surface area contributed by atoms with Gasteiger partial charge in [-0.2, -0.15) is 0 Å². The fourth-order valence-corrected chi connectivity index (χ4v) is 1.79. The summed E-state index contributed by atoms with van der Waals surface area (Å²) >= 11 is 0. The number of hydrogen-bond donors (Lipinski definition) is 1. The van der Waals surface area contributed by atoms with Crippen LogP contribution < -0.4 is 10.1 Å². The lowest BCUT2D eigenvalue weighted by Crippen LogP contribution is -2.42. The van der Waals surface area contributed by atoms with E-state index in [9.17, 15) is 9.59 Å². The number of amides is 1. The fraction of sp³-hybridized carbons (Fsp3) is 0.375. The maximum absolute atomic E-state index is 11.8. The van der Waals surface area contributed by atoms with Gasteiger partial charge in [-0.3, -0.25) is 4.79 Å². The molecule has 0 aliphatic carbocycles. The van der Waals surface area contributed by atoms with E-state index in [1.165, 1.54) is 6.92 Å². The molecular formula is C16H21NO4. The van der Waals surface area contributed by atoms with Gasteiger partial charge in [0.2, 0.25) is 5.91 Å². The second-order valence-electron chi connectivity index (χ2n) is 4.45. The molecule has 5 heteroatoms.